The van der Waals surface area contributed by atoms with Gasteiger partial charge in [-0.15, -0.1) is 0 Å². The van der Waals surface area contributed by atoms with Crippen LogP contribution in [0.3, 0.4) is 0 Å². The zero-order valence-electron chi connectivity index (χ0n) is 10.6. The molecule has 0 aliphatic rings. The van der Waals surface area contributed by atoms with Gasteiger partial charge in [-0.05, 0) is 29.8 Å². The van der Waals surface area contributed by atoms with E-state index in [2.05, 4.69) is 67.2 Å². The van der Waals surface area contributed by atoms with Gasteiger partial charge in [-0.3, -0.25) is 4.98 Å². The summed E-state index contributed by atoms with van der Waals surface area (Å²) in [5.74, 6) is 0. The first-order valence-electron chi connectivity index (χ1n) is 6.21. The second kappa shape index (κ2) is 5.90. The maximum absolute atomic E-state index is 4.58. The average molecular weight is 389 g/mol. The number of rotatable bonds is 2. The summed E-state index contributed by atoms with van der Waals surface area (Å²) in [4.78, 5) is 4.58. The van der Waals surface area contributed by atoms with E-state index in [9.17, 15) is 0 Å². The molecule has 1 aromatic heterocycles. The molecule has 1 heterocycles. The predicted octanol–water partition coefficient (Wildman–Crippen LogP) is 5.94. The third-order valence-electron chi connectivity index (χ3n) is 3.07. The van der Waals surface area contributed by atoms with E-state index in [4.69, 9.17) is 0 Å². The van der Waals surface area contributed by atoms with Crippen LogP contribution in [0, 0.1) is 0 Å². The van der Waals surface area contributed by atoms with Crippen molar-refractivity contribution in [1.82, 2.24) is 4.98 Å². The van der Waals surface area contributed by atoms with Gasteiger partial charge in [0, 0.05) is 26.3 Å². The Labute approximate surface area is 135 Å². The zero-order chi connectivity index (χ0) is 13.9. The van der Waals surface area contributed by atoms with E-state index >= 15 is 0 Å². The van der Waals surface area contributed by atoms with Gasteiger partial charge in [-0.25, -0.2) is 0 Å². The largest absolute Gasteiger partial charge is 0.256 e. The van der Waals surface area contributed by atoms with Gasteiger partial charge in [0.25, 0.3) is 0 Å². The number of hydrogen-bond acceptors (Lipinski definition) is 1. The first kappa shape index (κ1) is 13.5. The number of benzene rings is 2. The molecule has 0 bridgehead atoms. The molecule has 0 unspecified atom stereocenters. The molecule has 3 aromatic rings. The molecule has 0 fully saturated rings. The molecule has 1 nitrogen and oxygen atoms in total. The van der Waals surface area contributed by atoms with Crippen molar-refractivity contribution in [2.24, 2.45) is 0 Å². The summed E-state index contributed by atoms with van der Waals surface area (Å²) in [6, 6.07) is 20.5. The molecule has 0 aliphatic carbocycles. The van der Waals surface area contributed by atoms with Crippen molar-refractivity contribution < 1.29 is 0 Å². The molecule has 20 heavy (non-hydrogen) atoms. The predicted molar refractivity (Wildman–Crippen MR) is 90.5 cm³/mol. The van der Waals surface area contributed by atoms with E-state index in [0.717, 1.165) is 25.8 Å². The summed E-state index contributed by atoms with van der Waals surface area (Å²) < 4.78 is 2.09. The van der Waals surface area contributed by atoms with Crippen LogP contribution in [0.4, 0.5) is 0 Å². The fourth-order valence-corrected chi connectivity index (χ4v) is 2.86. The van der Waals surface area contributed by atoms with Gasteiger partial charge in [0.15, 0.2) is 0 Å². The lowest BCUT2D eigenvalue weighted by molar-refractivity contribution is 1.32. The summed E-state index contributed by atoms with van der Waals surface area (Å²) in [5.41, 5.74) is 4.34. The number of hydrogen-bond donors (Lipinski definition) is 0. The lowest BCUT2D eigenvalue weighted by Crippen LogP contribution is -1.86. The maximum Gasteiger partial charge on any atom is 0.0714 e. The van der Waals surface area contributed by atoms with Crippen LogP contribution >= 0.6 is 31.9 Å². The van der Waals surface area contributed by atoms with Gasteiger partial charge < -0.3 is 0 Å². The van der Waals surface area contributed by atoms with Crippen molar-refractivity contribution in [1.29, 1.82) is 0 Å². The molecule has 0 N–H and O–H groups in total. The van der Waals surface area contributed by atoms with Crippen molar-refractivity contribution in [3.8, 4) is 22.4 Å². The minimum atomic E-state index is 0.956. The molecular weight excluding hydrogens is 378 g/mol. The maximum atomic E-state index is 4.58. The van der Waals surface area contributed by atoms with Gasteiger partial charge in [0.1, 0.15) is 0 Å². The molecule has 0 saturated heterocycles. The Morgan fingerprint density at radius 2 is 1.55 bits per heavy atom. The van der Waals surface area contributed by atoms with Gasteiger partial charge in [-0.1, -0.05) is 68.3 Å². The first-order valence-corrected chi connectivity index (χ1v) is 7.79. The Kier molecular flexibility index (Phi) is 3.99. The third kappa shape index (κ3) is 2.84. The molecule has 98 valence electrons. The SMILES string of the molecule is Brc1ccc(Br)c(-c2ccc(-c3ccccc3)cn2)c1. The van der Waals surface area contributed by atoms with Gasteiger partial charge in [0.2, 0.25) is 0 Å². The van der Waals surface area contributed by atoms with Crippen LogP contribution in [0.25, 0.3) is 22.4 Å². The van der Waals surface area contributed by atoms with Crippen molar-refractivity contribution in [2.75, 3.05) is 0 Å². The van der Waals surface area contributed by atoms with E-state index in [1.807, 2.05) is 36.5 Å². The van der Waals surface area contributed by atoms with E-state index in [0.29, 0.717) is 0 Å². The summed E-state index contributed by atoms with van der Waals surface area (Å²) in [6.07, 6.45) is 1.91. The first-order chi connectivity index (χ1) is 9.74. The number of halogens is 2. The van der Waals surface area contributed by atoms with Crippen molar-refractivity contribution in [2.45, 2.75) is 0 Å². The van der Waals surface area contributed by atoms with E-state index in [1.54, 1.807) is 0 Å². The standard InChI is InChI=1S/C17H11Br2N/c18-14-7-8-16(19)15(10-14)17-9-6-13(11-20-17)12-4-2-1-3-5-12/h1-11H. The molecular formula is C17H11Br2N. The van der Waals surface area contributed by atoms with Gasteiger partial charge in [-0.2, -0.15) is 0 Å². The van der Waals surface area contributed by atoms with Crippen LogP contribution in [-0.2, 0) is 0 Å². The van der Waals surface area contributed by atoms with Crippen molar-refractivity contribution >= 4 is 31.9 Å². The van der Waals surface area contributed by atoms with Crippen LogP contribution in [0.15, 0.2) is 75.8 Å². The second-order valence-electron chi connectivity index (χ2n) is 4.42. The van der Waals surface area contributed by atoms with Crippen LogP contribution in [-0.4, -0.2) is 4.98 Å². The quantitative estimate of drug-likeness (QED) is 0.529. The molecule has 0 atom stereocenters. The molecule has 0 aliphatic heterocycles. The number of pyridine rings is 1. The highest BCUT2D eigenvalue weighted by Gasteiger charge is 2.06. The topological polar surface area (TPSA) is 12.9 Å². The van der Waals surface area contributed by atoms with Crippen LogP contribution in [0.1, 0.15) is 0 Å². The minimum Gasteiger partial charge on any atom is -0.256 e. The molecule has 0 saturated carbocycles. The highest BCUT2D eigenvalue weighted by Crippen LogP contribution is 2.30. The van der Waals surface area contributed by atoms with Crippen LogP contribution < -0.4 is 0 Å². The fraction of sp³-hybridized carbons (Fsp3) is 0. The van der Waals surface area contributed by atoms with Gasteiger partial charge in [0.05, 0.1) is 5.69 Å². The Bertz CT molecular complexity index is 722. The van der Waals surface area contributed by atoms with E-state index in [1.165, 1.54) is 5.56 Å². The smallest absolute Gasteiger partial charge is 0.0714 e. The van der Waals surface area contributed by atoms with Crippen molar-refractivity contribution in [3.05, 3.63) is 75.8 Å². The number of aromatic nitrogens is 1. The number of nitrogens with zero attached hydrogens (tertiary/aromatic N) is 1. The molecule has 0 spiro atoms. The monoisotopic (exact) mass is 387 g/mol. The Morgan fingerprint density at radius 3 is 2.25 bits per heavy atom. The highest BCUT2D eigenvalue weighted by molar-refractivity contribution is 9.11. The Hall–Kier alpha value is -1.45. The molecule has 0 amide bonds. The van der Waals surface area contributed by atoms with Crippen molar-refractivity contribution in [3.63, 3.8) is 0 Å². The Balaban J connectivity index is 2.00. The molecule has 3 rings (SSSR count). The van der Waals surface area contributed by atoms with Crippen LogP contribution in [0.2, 0.25) is 0 Å². The average Bonchev–Trinajstić information content (AvgIpc) is 2.51. The lowest BCUT2D eigenvalue weighted by Gasteiger charge is -2.06. The van der Waals surface area contributed by atoms with Crippen LogP contribution in [0.5, 0.6) is 0 Å². The summed E-state index contributed by atoms with van der Waals surface area (Å²) in [7, 11) is 0. The molecule has 3 heteroatoms. The summed E-state index contributed by atoms with van der Waals surface area (Å²) >= 11 is 7.07. The van der Waals surface area contributed by atoms with Gasteiger partial charge >= 0.3 is 0 Å². The second-order valence-corrected chi connectivity index (χ2v) is 6.19. The third-order valence-corrected chi connectivity index (χ3v) is 4.26. The Morgan fingerprint density at radius 1 is 0.750 bits per heavy atom. The highest BCUT2D eigenvalue weighted by atomic mass is 79.9. The van der Waals surface area contributed by atoms with E-state index < -0.39 is 0 Å². The zero-order valence-corrected chi connectivity index (χ0v) is 13.7. The summed E-state index contributed by atoms with van der Waals surface area (Å²) in [5, 5.41) is 0. The minimum absolute atomic E-state index is 0.956. The molecule has 0 radical (unpaired) electrons. The lowest BCUT2D eigenvalue weighted by atomic mass is 10.1. The van der Waals surface area contributed by atoms with E-state index in [-0.39, 0.29) is 0 Å². The molecule has 2 aromatic carbocycles. The summed E-state index contributed by atoms with van der Waals surface area (Å²) in [6.45, 7) is 0. The normalized spacial score (nSPS) is 10.5. The fourth-order valence-electron chi connectivity index (χ4n) is 2.05.